The minimum Gasteiger partial charge on any atom is -0.493 e. The zero-order valence-corrected chi connectivity index (χ0v) is 14.6. The molecule has 1 saturated heterocycles. The summed E-state index contributed by atoms with van der Waals surface area (Å²) in [5.74, 6) is 1.88. The molecule has 1 N–H and O–H groups in total. The highest BCUT2D eigenvalue weighted by atomic mass is 16.5. The minimum absolute atomic E-state index is 0.0900. The maximum absolute atomic E-state index is 12.1. The van der Waals surface area contributed by atoms with Crippen LogP contribution >= 0.6 is 0 Å². The van der Waals surface area contributed by atoms with Gasteiger partial charge in [0.25, 0.3) is 5.91 Å². The molecule has 25 heavy (non-hydrogen) atoms. The average molecular weight is 341 g/mol. The highest BCUT2D eigenvalue weighted by Crippen LogP contribution is 2.27. The lowest BCUT2D eigenvalue weighted by molar-refractivity contribution is -0.118. The smallest absolute Gasteiger partial charge is 0.262 e. The molecule has 132 valence electrons. The van der Waals surface area contributed by atoms with Crippen LogP contribution in [0.3, 0.4) is 0 Å². The Morgan fingerprint density at radius 1 is 1.20 bits per heavy atom. The third-order valence-electron chi connectivity index (χ3n) is 4.14. The lowest BCUT2D eigenvalue weighted by Gasteiger charge is -2.16. The Balaban J connectivity index is 1.54. The highest BCUT2D eigenvalue weighted by molar-refractivity contribution is 5.91. The Morgan fingerprint density at radius 3 is 2.68 bits per heavy atom. The number of rotatable bonds is 6. The predicted molar refractivity (Wildman–Crippen MR) is 97.5 cm³/mol. The zero-order valence-electron chi connectivity index (χ0n) is 14.6. The molecule has 1 aromatic heterocycles. The van der Waals surface area contributed by atoms with Crippen molar-refractivity contribution in [1.29, 1.82) is 0 Å². The Bertz CT molecular complexity index is 725. The number of aromatic nitrogens is 1. The van der Waals surface area contributed by atoms with Crippen LogP contribution in [0.2, 0.25) is 0 Å². The van der Waals surface area contributed by atoms with E-state index >= 15 is 0 Å². The first kappa shape index (κ1) is 17.1. The SMILES string of the molecule is COc1cc(C)ccc1OCC(=O)Nc1ccc(N2CCCC2)nc1. The van der Waals surface area contributed by atoms with Crippen molar-refractivity contribution >= 4 is 17.4 Å². The summed E-state index contributed by atoms with van der Waals surface area (Å²) < 4.78 is 10.8. The van der Waals surface area contributed by atoms with Gasteiger partial charge in [0, 0.05) is 13.1 Å². The second-order valence-corrected chi connectivity index (χ2v) is 6.09. The molecule has 6 nitrogen and oxygen atoms in total. The fourth-order valence-electron chi connectivity index (χ4n) is 2.83. The van der Waals surface area contributed by atoms with Crippen molar-refractivity contribution in [2.45, 2.75) is 19.8 Å². The molecular weight excluding hydrogens is 318 g/mol. The summed E-state index contributed by atoms with van der Waals surface area (Å²) in [4.78, 5) is 18.7. The molecule has 1 aliphatic heterocycles. The van der Waals surface area contributed by atoms with E-state index in [4.69, 9.17) is 9.47 Å². The minimum atomic E-state index is -0.238. The number of hydrogen-bond acceptors (Lipinski definition) is 5. The quantitative estimate of drug-likeness (QED) is 0.875. The predicted octanol–water partition coefficient (Wildman–Crippen LogP) is 3.02. The van der Waals surface area contributed by atoms with Gasteiger partial charge in [-0.2, -0.15) is 0 Å². The van der Waals surface area contributed by atoms with Gasteiger partial charge in [-0.1, -0.05) is 6.07 Å². The Labute approximate surface area is 147 Å². The van der Waals surface area contributed by atoms with Crippen molar-refractivity contribution in [1.82, 2.24) is 4.98 Å². The van der Waals surface area contributed by atoms with Crippen molar-refractivity contribution in [2.24, 2.45) is 0 Å². The number of nitrogens with one attached hydrogen (secondary N) is 1. The summed E-state index contributed by atoms with van der Waals surface area (Å²) in [5, 5.41) is 2.79. The number of ether oxygens (including phenoxy) is 2. The molecule has 0 radical (unpaired) electrons. The van der Waals surface area contributed by atoms with Gasteiger partial charge < -0.3 is 19.7 Å². The van der Waals surface area contributed by atoms with Gasteiger partial charge in [0.05, 0.1) is 19.0 Å². The van der Waals surface area contributed by atoms with Crippen LogP contribution in [0.1, 0.15) is 18.4 Å². The zero-order chi connectivity index (χ0) is 17.6. The van der Waals surface area contributed by atoms with Gasteiger partial charge in [0.2, 0.25) is 0 Å². The molecule has 0 aliphatic carbocycles. The van der Waals surface area contributed by atoms with Crippen LogP contribution in [0.5, 0.6) is 11.5 Å². The van der Waals surface area contributed by atoms with Crippen LogP contribution in [0, 0.1) is 6.92 Å². The molecule has 0 unspecified atom stereocenters. The summed E-state index contributed by atoms with van der Waals surface area (Å²) in [6, 6.07) is 9.38. The molecule has 2 heterocycles. The molecule has 6 heteroatoms. The maximum Gasteiger partial charge on any atom is 0.262 e. The van der Waals surface area contributed by atoms with Crippen LogP contribution in [-0.4, -0.2) is 37.7 Å². The summed E-state index contributed by atoms with van der Waals surface area (Å²) >= 11 is 0. The molecule has 1 aromatic carbocycles. The second-order valence-electron chi connectivity index (χ2n) is 6.09. The van der Waals surface area contributed by atoms with Gasteiger partial charge in [-0.3, -0.25) is 4.79 Å². The van der Waals surface area contributed by atoms with E-state index in [-0.39, 0.29) is 12.5 Å². The Morgan fingerprint density at radius 2 is 2.00 bits per heavy atom. The van der Waals surface area contributed by atoms with E-state index in [1.165, 1.54) is 12.8 Å². The highest BCUT2D eigenvalue weighted by Gasteiger charge is 2.13. The molecule has 3 rings (SSSR count). The normalized spacial score (nSPS) is 13.6. The number of anilines is 2. The van der Waals surface area contributed by atoms with E-state index in [2.05, 4.69) is 15.2 Å². The lowest BCUT2D eigenvalue weighted by atomic mass is 10.2. The monoisotopic (exact) mass is 341 g/mol. The molecule has 1 fully saturated rings. The first-order chi connectivity index (χ1) is 12.2. The molecule has 0 atom stereocenters. The number of carbonyl (C=O) groups is 1. The maximum atomic E-state index is 12.1. The summed E-state index contributed by atoms with van der Waals surface area (Å²) in [6.07, 6.45) is 4.10. The Kier molecular flexibility index (Phi) is 5.38. The average Bonchev–Trinajstić information content (AvgIpc) is 3.16. The molecule has 1 amide bonds. The number of hydrogen-bond donors (Lipinski definition) is 1. The first-order valence-corrected chi connectivity index (χ1v) is 8.44. The molecule has 0 bridgehead atoms. The van der Waals surface area contributed by atoms with Crippen molar-refractivity contribution in [3.63, 3.8) is 0 Å². The number of amides is 1. The van der Waals surface area contributed by atoms with Gasteiger partial charge in [0.1, 0.15) is 5.82 Å². The van der Waals surface area contributed by atoms with Crippen LogP contribution < -0.4 is 19.7 Å². The lowest BCUT2D eigenvalue weighted by Crippen LogP contribution is -2.21. The first-order valence-electron chi connectivity index (χ1n) is 8.44. The molecule has 1 aliphatic rings. The van der Waals surface area contributed by atoms with Crippen molar-refractivity contribution in [3.8, 4) is 11.5 Å². The van der Waals surface area contributed by atoms with Gasteiger partial charge in [-0.05, 0) is 49.6 Å². The number of aryl methyl sites for hydroxylation is 1. The fourth-order valence-corrected chi connectivity index (χ4v) is 2.83. The fraction of sp³-hybridized carbons (Fsp3) is 0.368. The molecule has 0 spiro atoms. The molecular formula is C19H23N3O3. The van der Waals surface area contributed by atoms with Crippen LogP contribution in [0.15, 0.2) is 36.5 Å². The van der Waals surface area contributed by atoms with Crippen LogP contribution in [0.4, 0.5) is 11.5 Å². The van der Waals surface area contributed by atoms with E-state index in [1.807, 2.05) is 31.2 Å². The van der Waals surface area contributed by atoms with E-state index in [0.29, 0.717) is 17.2 Å². The van der Waals surface area contributed by atoms with Gasteiger partial charge in [0.15, 0.2) is 18.1 Å². The number of pyridine rings is 1. The van der Waals surface area contributed by atoms with Crippen LogP contribution in [-0.2, 0) is 4.79 Å². The van der Waals surface area contributed by atoms with Crippen LogP contribution in [0.25, 0.3) is 0 Å². The van der Waals surface area contributed by atoms with E-state index in [1.54, 1.807) is 19.4 Å². The number of carbonyl (C=O) groups excluding carboxylic acids is 1. The number of benzene rings is 1. The third kappa shape index (κ3) is 4.41. The Hall–Kier alpha value is -2.76. The van der Waals surface area contributed by atoms with E-state index in [9.17, 15) is 4.79 Å². The standard InChI is InChI=1S/C19H23N3O3/c1-14-5-7-16(17(11-14)24-2)25-13-19(23)21-15-6-8-18(20-12-15)22-9-3-4-10-22/h5-8,11-12H,3-4,9-10,13H2,1-2H3,(H,21,23). The van der Waals surface area contributed by atoms with E-state index < -0.39 is 0 Å². The number of methoxy groups -OCH3 is 1. The summed E-state index contributed by atoms with van der Waals surface area (Å²) in [6.45, 7) is 3.97. The van der Waals surface area contributed by atoms with Crippen molar-refractivity contribution < 1.29 is 14.3 Å². The van der Waals surface area contributed by atoms with E-state index in [0.717, 1.165) is 24.5 Å². The summed E-state index contributed by atoms with van der Waals surface area (Å²) in [7, 11) is 1.58. The van der Waals surface area contributed by atoms with Crippen molar-refractivity contribution in [2.75, 3.05) is 37.0 Å². The van der Waals surface area contributed by atoms with Gasteiger partial charge in [-0.15, -0.1) is 0 Å². The largest absolute Gasteiger partial charge is 0.493 e. The third-order valence-corrected chi connectivity index (χ3v) is 4.14. The summed E-state index contributed by atoms with van der Waals surface area (Å²) in [5.41, 5.74) is 1.73. The second kappa shape index (κ2) is 7.88. The molecule has 0 saturated carbocycles. The molecule has 2 aromatic rings. The van der Waals surface area contributed by atoms with Gasteiger partial charge >= 0.3 is 0 Å². The van der Waals surface area contributed by atoms with Gasteiger partial charge in [-0.25, -0.2) is 4.98 Å². The topological polar surface area (TPSA) is 63.7 Å². The number of nitrogens with zero attached hydrogens (tertiary/aromatic N) is 2. The van der Waals surface area contributed by atoms with Crippen molar-refractivity contribution in [3.05, 3.63) is 42.1 Å².